The van der Waals surface area contributed by atoms with Crippen LogP contribution < -0.4 is 15.8 Å². The van der Waals surface area contributed by atoms with Crippen molar-refractivity contribution in [3.63, 3.8) is 0 Å². The smallest absolute Gasteiger partial charge is 0.355 e. The number of carbonyl (C=O) groups is 2. The molecular weight excluding hydrogens is 196 g/mol. The maximum atomic E-state index is 10.8. The second-order valence-electron chi connectivity index (χ2n) is 1.72. The number of ether oxygens (including phenoxy) is 1. The predicted octanol–water partition coefficient (Wildman–Crippen LogP) is -0.355. The van der Waals surface area contributed by atoms with E-state index in [4.69, 9.17) is 5.73 Å². The van der Waals surface area contributed by atoms with Gasteiger partial charge in [0.15, 0.2) is 0 Å². The van der Waals surface area contributed by atoms with E-state index in [1.807, 2.05) is 5.32 Å². The number of nitrogens with one attached hydrogen (secondary N) is 2. The fraction of sp³-hybridized carbons (Fsp3) is 0.400. The molecule has 0 aliphatic rings. The highest BCUT2D eigenvalue weighted by Crippen LogP contribution is 1.86. The van der Waals surface area contributed by atoms with Gasteiger partial charge >= 0.3 is 18.1 Å². The molecule has 0 aliphatic heterocycles. The van der Waals surface area contributed by atoms with E-state index in [9.17, 15) is 9.59 Å². The lowest BCUT2D eigenvalue weighted by Crippen LogP contribution is -2.37. The molecular formula is C5H10N4O3S. The van der Waals surface area contributed by atoms with Crippen LogP contribution in [0.5, 0.6) is 0 Å². The molecule has 7 nitrogen and oxygen atoms in total. The van der Waals surface area contributed by atoms with E-state index < -0.39 is 12.1 Å². The summed E-state index contributed by atoms with van der Waals surface area (Å²) in [5, 5.41) is 2.02. The largest absolute Gasteiger partial charge is 0.468 e. The molecule has 0 fully saturated rings. The highest BCUT2D eigenvalue weighted by molar-refractivity contribution is 7.97. The Bertz CT molecular complexity index is 230. The summed E-state index contributed by atoms with van der Waals surface area (Å²) in [5.74, 6) is 0. The van der Waals surface area contributed by atoms with Crippen molar-refractivity contribution in [3.05, 3.63) is 0 Å². The Morgan fingerprint density at radius 3 is 2.54 bits per heavy atom. The predicted molar refractivity (Wildman–Crippen MR) is 49.2 cm³/mol. The first-order chi connectivity index (χ1) is 6.10. The molecule has 0 unspecified atom stereocenters. The Balaban J connectivity index is 4.20. The monoisotopic (exact) mass is 206 g/mol. The van der Waals surface area contributed by atoms with E-state index in [1.54, 1.807) is 6.26 Å². The Kier molecular flexibility index (Phi) is 5.44. The number of primary amides is 1. The lowest BCUT2D eigenvalue weighted by molar-refractivity contribution is 0.249. The van der Waals surface area contributed by atoms with Gasteiger partial charge in [-0.1, -0.05) is 11.9 Å². The van der Waals surface area contributed by atoms with E-state index in [0.29, 0.717) is 0 Å². The van der Waals surface area contributed by atoms with Crippen LogP contribution in [0.15, 0.2) is 4.99 Å². The summed E-state index contributed by atoms with van der Waals surface area (Å²) in [6.07, 6.45) is 1.65. The molecule has 0 radical (unpaired) electrons. The molecule has 0 saturated carbocycles. The van der Waals surface area contributed by atoms with Crippen molar-refractivity contribution in [1.29, 1.82) is 0 Å². The first kappa shape index (κ1) is 11.6. The highest BCUT2D eigenvalue weighted by atomic mass is 32.2. The first-order valence-corrected chi connectivity index (χ1v) is 4.34. The van der Waals surface area contributed by atoms with Gasteiger partial charge in [0.2, 0.25) is 0 Å². The van der Waals surface area contributed by atoms with Gasteiger partial charge < -0.3 is 10.5 Å². The zero-order chi connectivity index (χ0) is 10.3. The zero-order valence-electron chi connectivity index (χ0n) is 7.16. The number of hydrogen-bond acceptors (Lipinski definition) is 4. The minimum absolute atomic E-state index is 0.251. The second kappa shape index (κ2) is 6.12. The molecule has 13 heavy (non-hydrogen) atoms. The van der Waals surface area contributed by atoms with E-state index in [-0.39, 0.29) is 6.02 Å². The third kappa shape index (κ3) is 5.79. The molecule has 4 N–H and O–H groups in total. The average Bonchev–Trinajstić information content (AvgIpc) is 2.02. The Morgan fingerprint density at radius 2 is 2.15 bits per heavy atom. The van der Waals surface area contributed by atoms with Gasteiger partial charge in [0.05, 0.1) is 7.11 Å². The van der Waals surface area contributed by atoms with Crippen molar-refractivity contribution in [2.24, 2.45) is 10.7 Å². The number of aliphatic imine (C=N–C) groups is 1. The van der Waals surface area contributed by atoms with Gasteiger partial charge in [-0.2, -0.15) is 0 Å². The van der Waals surface area contributed by atoms with Crippen LogP contribution in [0.25, 0.3) is 0 Å². The molecule has 0 spiro atoms. The lowest BCUT2D eigenvalue weighted by Gasteiger charge is -2.03. The summed E-state index contributed by atoms with van der Waals surface area (Å²) < 4.78 is 6.85. The Labute approximate surface area is 79.2 Å². The van der Waals surface area contributed by atoms with Gasteiger partial charge in [-0.15, -0.1) is 4.99 Å². The van der Waals surface area contributed by atoms with Crippen LogP contribution in [-0.2, 0) is 4.74 Å². The summed E-state index contributed by atoms with van der Waals surface area (Å²) in [5.41, 5.74) is 4.77. The molecule has 0 aromatic rings. The van der Waals surface area contributed by atoms with Crippen LogP contribution in [0.2, 0.25) is 0 Å². The summed E-state index contributed by atoms with van der Waals surface area (Å²) in [7, 11) is 1.25. The zero-order valence-corrected chi connectivity index (χ0v) is 7.97. The molecule has 74 valence electrons. The van der Waals surface area contributed by atoms with Crippen molar-refractivity contribution in [1.82, 2.24) is 10.0 Å². The molecule has 0 atom stereocenters. The number of carbonyl (C=O) groups excluding carboxylic acids is 2. The van der Waals surface area contributed by atoms with Gasteiger partial charge in [0.25, 0.3) is 0 Å². The number of amidine groups is 1. The van der Waals surface area contributed by atoms with Crippen molar-refractivity contribution in [2.75, 3.05) is 13.4 Å². The van der Waals surface area contributed by atoms with Crippen LogP contribution in [0.3, 0.4) is 0 Å². The second-order valence-corrected chi connectivity index (χ2v) is 2.33. The maximum Gasteiger partial charge on any atom is 0.355 e. The maximum absolute atomic E-state index is 10.8. The highest BCUT2D eigenvalue weighted by Gasteiger charge is 2.04. The van der Waals surface area contributed by atoms with Crippen LogP contribution in [-0.4, -0.2) is 31.4 Å². The summed E-state index contributed by atoms with van der Waals surface area (Å²) >= 11 is 1.07. The third-order valence-electron chi connectivity index (χ3n) is 0.816. The van der Waals surface area contributed by atoms with Crippen molar-refractivity contribution in [2.45, 2.75) is 0 Å². The SMILES string of the molecule is COC(=NC(=O)NSC)NC(N)=O. The summed E-state index contributed by atoms with van der Waals surface area (Å²) in [6, 6.07) is -1.74. The molecule has 0 aromatic heterocycles. The molecule has 0 bridgehead atoms. The average molecular weight is 206 g/mol. The Morgan fingerprint density at radius 1 is 1.54 bits per heavy atom. The van der Waals surface area contributed by atoms with Crippen molar-refractivity contribution < 1.29 is 14.3 Å². The number of rotatable bonds is 1. The van der Waals surface area contributed by atoms with E-state index >= 15 is 0 Å². The molecule has 0 rings (SSSR count). The summed E-state index contributed by atoms with van der Waals surface area (Å²) in [6.45, 7) is 0. The number of nitrogens with zero attached hydrogens (tertiary/aromatic N) is 1. The van der Waals surface area contributed by atoms with Crippen LogP contribution >= 0.6 is 11.9 Å². The fourth-order valence-corrected chi connectivity index (χ4v) is 0.653. The van der Waals surface area contributed by atoms with E-state index in [2.05, 4.69) is 14.5 Å². The van der Waals surface area contributed by atoms with Gasteiger partial charge in [0, 0.05) is 6.26 Å². The molecule has 0 aromatic carbocycles. The van der Waals surface area contributed by atoms with E-state index in [0.717, 1.165) is 11.9 Å². The van der Waals surface area contributed by atoms with Crippen molar-refractivity contribution >= 4 is 30.0 Å². The van der Waals surface area contributed by atoms with E-state index in [1.165, 1.54) is 7.11 Å². The minimum Gasteiger partial charge on any atom is -0.468 e. The Hall–Kier alpha value is -1.44. The van der Waals surface area contributed by atoms with Crippen molar-refractivity contribution in [3.8, 4) is 0 Å². The number of hydrogen-bond donors (Lipinski definition) is 3. The normalized spacial score (nSPS) is 10.5. The van der Waals surface area contributed by atoms with Gasteiger partial charge in [-0.05, 0) is 0 Å². The van der Waals surface area contributed by atoms with Gasteiger partial charge in [-0.25, -0.2) is 9.59 Å². The molecule has 0 heterocycles. The van der Waals surface area contributed by atoms with Crippen LogP contribution in [0.1, 0.15) is 0 Å². The third-order valence-corrected chi connectivity index (χ3v) is 1.19. The molecule has 4 amide bonds. The molecule has 0 saturated heterocycles. The number of urea groups is 2. The quantitative estimate of drug-likeness (QED) is 0.309. The molecule has 0 aliphatic carbocycles. The number of nitrogens with two attached hydrogens (primary N) is 1. The number of methoxy groups -OCH3 is 1. The first-order valence-electron chi connectivity index (χ1n) is 3.12. The van der Waals surface area contributed by atoms with Gasteiger partial charge in [-0.3, -0.25) is 10.0 Å². The lowest BCUT2D eigenvalue weighted by atomic mass is 10.9. The van der Waals surface area contributed by atoms with Crippen LogP contribution in [0, 0.1) is 0 Å². The standard InChI is InChI=1S/C5H10N4O3S/c1-12-5(7-3(6)10)8-4(11)9-13-2/h1-2H3,(H4,6,7,8,9,10,11). The number of amides is 4. The topological polar surface area (TPSA) is 106 Å². The van der Waals surface area contributed by atoms with Gasteiger partial charge in [0.1, 0.15) is 0 Å². The minimum atomic E-state index is -0.849. The molecule has 8 heteroatoms. The van der Waals surface area contributed by atoms with Crippen LogP contribution in [0.4, 0.5) is 9.59 Å². The fourth-order valence-electron chi connectivity index (χ4n) is 0.432. The summed E-state index contributed by atoms with van der Waals surface area (Å²) in [4.78, 5) is 24.5.